The van der Waals surface area contributed by atoms with Crippen molar-refractivity contribution in [3.05, 3.63) is 118 Å². The predicted molar refractivity (Wildman–Crippen MR) is 170 cm³/mol. The second-order valence-corrected chi connectivity index (χ2v) is 10.6. The zero-order valence-electron chi connectivity index (χ0n) is 22.0. The summed E-state index contributed by atoms with van der Waals surface area (Å²) in [5.41, 5.74) is 2.81. The van der Waals surface area contributed by atoms with Crippen LogP contribution < -0.4 is 25.4 Å². The Kier molecular flexibility index (Phi) is 10.7. The highest BCUT2D eigenvalue weighted by molar-refractivity contribution is 9.10. The Morgan fingerprint density at radius 2 is 1.54 bits per heavy atom. The third-order valence-electron chi connectivity index (χ3n) is 5.83. The predicted octanol–water partition coefficient (Wildman–Crippen LogP) is 7.26. The van der Waals surface area contributed by atoms with Crippen LogP contribution in [0, 0.1) is 0 Å². The molecule has 3 N–H and O–H groups in total. The molecule has 210 valence electrons. The van der Waals surface area contributed by atoms with E-state index >= 15 is 0 Å². The number of thiocarbonyl (C=S) groups is 1. The van der Waals surface area contributed by atoms with Crippen molar-refractivity contribution in [2.75, 3.05) is 17.2 Å². The van der Waals surface area contributed by atoms with E-state index in [0.29, 0.717) is 44.5 Å². The highest BCUT2D eigenvalue weighted by Gasteiger charge is 2.16. The van der Waals surface area contributed by atoms with Crippen molar-refractivity contribution in [3.8, 4) is 11.5 Å². The van der Waals surface area contributed by atoms with Crippen molar-refractivity contribution in [1.29, 1.82) is 0 Å². The molecular weight excluding hydrogens is 626 g/mol. The highest BCUT2D eigenvalue weighted by Crippen LogP contribution is 2.27. The van der Waals surface area contributed by atoms with Crippen LogP contribution in [0.4, 0.5) is 11.4 Å². The van der Waals surface area contributed by atoms with Gasteiger partial charge < -0.3 is 20.1 Å². The summed E-state index contributed by atoms with van der Waals surface area (Å²) in [5.74, 6) is 0.389. The van der Waals surface area contributed by atoms with Crippen molar-refractivity contribution >= 4 is 68.1 Å². The summed E-state index contributed by atoms with van der Waals surface area (Å²) in [7, 11) is 0. The Morgan fingerprint density at radius 1 is 0.878 bits per heavy atom. The van der Waals surface area contributed by atoms with Gasteiger partial charge in [-0.3, -0.25) is 14.9 Å². The maximum Gasteiger partial charge on any atom is 0.265 e. The van der Waals surface area contributed by atoms with Crippen LogP contribution in [-0.2, 0) is 11.2 Å². The number of benzene rings is 4. The van der Waals surface area contributed by atoms with Crippen LogP contribution in [0.2, 0.25) is 5.02 Å². The van der Waals surface area contributed by atoms with Crippen molar-refractivity contribution in [2.45, 2.75) is 19.4 Å². The third-order valence-corrected chi connectivity index (χ3v) is 6.97. The SMILES string of the molecule is CC(Oc1ccccc1Cl)C(=O)Nc1ccc(NC(=S)NC(=O)c2ccc(OCCc3ccccc3)c(Br)c2)cc1. The fourth-order valence-electron chi connectivity index (χ4n) is 3.69. The summed E-state index contributed by atoms with van der Waals surface area (Å²) >= 11 is 14.9. The monoisotopic (exact) mass is 651 g/mol. The number of anilines is 2. The Labute approximate surface area is 257 Å². The van der Waals surface area contributed by atoms with Crippen LogP contribution in [0.15, 0.2) is 102 Å². The molecule has 1 unspecified atom stereocenters. The van der Waals surface area contributed by atoms with E-state index in [1.165, 1.54) is 5.56 Å². The molecule has 1 atom stereocenters. The second-order valence-electron chi connectivity index (χ2n) is 8.89. The lowest BCUT2D eigenvalue weighted by atomic mass is 10.2. The summed E-state index contributed by atoms with van der Waals surface area (Å²) in [4.78, 5) is 25.3. The Balaban J connectivity index is 1.24. The summed E-state index contributed by atoms with van der Waals surface area (Å²) in [6.45, 7) is 2.15. The van der Waals surface area contributed by atoms with Gasteiger partial charge in [-0.15, -0.1) is 0 Å². The fourth-order valence-corrected chi connectivity index (χ4v) is 4.57. The van der Waals surface area contributed by atoms with Crippen molar-refractivity contribution < 1.29 is 19.1 Å². The number of amides is 2. The van der Waals surface area contributed by atoms with Gasteiger partial charge in [0.2, 0.25) is 0 Å². The smallest absolute Gasteiger partial charge is 0.265 e. The van der Waals surface area contributed by atoms with Crippen LogP contribution in [0.5, 0.6) is 11.5 Å². The molecule has 4 aromatic rings. The molecular formula is C31H27BrClN3O4S. The van der Waals surface area contributed by atoms with Gasteiger partial charge in [-0.25, -0.2) is 0 Å². The first-order valence-electron chi connectivity index (χ1n) is 12.7. The van der Waals surface area contributed by atoms with Gasteiger partial charge in [0.1, 0.15) is 11.5 Å². The van der Waals surface area contributed by atoms with Gasteiger partial charge in [0, 0.05) is 23.4 Å². The lowest BCUT2D eigenvalue weighted by Gasteiger charge is -2.16. The molecule has 2 amide bonds. The summed E-state index contributed by atoms with van der Waals surface area (Å²) in [5, 5.41) is 8.99. The molecule has 4 aromatic carbocycles. The minimum Gasteiger partial charge on any atom is -0.492 e. The van der Waals surface area contributed by atoms with E-state index < -0.39 is 6.10 Å². The molecule has 0 bridgehead atoms. The molecule has 0 aromatic heterocycles. The van der Waals surface area contributed by atoms with E-state index in [1.807, 2.05) is 18.2 Å². The summed E-state index contributed by atoms with van der Waals surface area (Å²) < 4.78 is 12.2. The molecule has 0 saturated heterocycles. The molecule has 10 heteroatoms. The lowest BCUT2D eigenvalue weighted by Crippen LogP contribution is -2.34. The summed E-state index contributed by atoms with van der Waals surface area (Å²) in [6, 6.07) is 29.0. The molecule has 0 fully saturated rings. The van der Waals surface area contributed by atoms with Gasteiger partial charge in [-0.1, -0.05) is 54.1 Å². The molecule has 4 rings (SSSR count). The minimum absolute atomic E-state index is 0.132. The van der Waals surface area contributed by atoms with Crippen molar-refractivity contribution in [2.24, 2.45) is 0 Å². The third kappa shape index (κ3) is 9.04. The van der Waals surface area contributed by atoms with Gasteiger partial charge in [0.05, 0.1) is 16.1 Å². The first-order valence-corrected chi connectivity index (χ1v) is 14.3. The standard InChI is InChI=1S/C31H27BrClN3O4S/c1-20(40-28-10-6-5-9-26(28)33)29(37)34-23-12-14-24(15-13-23)35-31(41)36-30(38)22-11-16-27(25(32)19-22)39-18-17-21-7-3-2-4-8-21/h2-16,19-20H,17-18H2,1H3,(H,34,37)(H2,35,36,38,41). The van der Waals surface area contributed by atoms with Crippen LogP contribution in [-0.4, -0.2) is 29.6 Å². The van der Waals surface area contributed by atoms with Gasteiger partial charge >= 0.3 is 0 Å². The quantitative estimate of drug-likeness (QED) is 0.156. The number of hydrogen-bond acceptors (Lipinski definition) is 5. The normalized spacial score (nSPS) is 11.2. The topological polar surface area (TPSA) is 88.7 Å². The lowest BCUT2D eigenvalue weighted by molar-refractivity contribution is -0.122. The molecule has 0 aliphatic heterocycles. The maximum absolute atomic E-state index is 12.7. The van der Waals surface area contributed by atoms with Crippen LogP contribution in [0.3, 0.4) is 0 Å². The van der Waals surface area contributed by atoms with Crippen LogP contribution >= 0.6 is 39.7 Å². The largest absolute Gasteiger partial charge is 0.492 e. The number of rotatable bonds is 10. The molecule has 0 heterocycles. The molecule has 0 aliphatic carbocycles. The van der Waals surface area contributed by atoms with Crippen molar-refractivity contribution in [3.63, 3.8) is 0 Å². The van der Waals surface area contributed by atoms with E-state index in [4.69, 9.17) is 33.3 Å². The Hall–Kier alpha value is -3.92. The summed E-state index contributed by atoms with van der Waals surface area (Å²) in [6.07, 6.45) is 0.0189. The Morgan fingerprint density at radius 3 is 2.22 bits per heavy atom. The number of hydrogen-bond donors (Lipinski definition) is 3. The molecule has 0 spiro atoms. The van der Waals surface area contributed by atoms with Crippen LogP contribution in [0.1, 0.15) is 22.8 Å². The molecule has 41 heavy (non-hydrogen) atoms. The number of ether oxygens (including phenoxy) is 2. The van der Waals surface area contributed by atoms with E-state index in [9.17, 15) is 9.59 Å². The van der Waals surface area contributed by atoms with Gasteiger partial charge in [0.25, 0.3) is 11.8 Å². The number of carbonyl (C=O) groups excluding carboxylic acids is 2. The molecule has 0 saturated carbocycles. The average molecular weight is 653 g/mol. The van der Waals surface area contributed by atoms with Crippen LogP contribution in [0.25, 0.3) is 0 Å². The zero-order chi connectivity index (χ0) is 29.2. The van der Waals surface area contributed by atoms with E-state index in [0.717, 1.165) is 6.42 Å². The van der Waals surface area contributed by atoms with E-state index in [2.05, 4.69) is 44.0 Å². The highest BCUT2D eigenvalue weighted by atomic mass is 79.9. The van der Waals surface area contributed by atoms with Gasteiger partial charge in [-0.05, 0) is 95.2 Å². The number of para-hydroxylation sites is 1. The first-order chi connectivity index (χ1) is 19.8. The fraction of sp³-hybridized carbons (Fsp3) is 0.129. The number of nitrogens with one attached hydrogen (secondary N) is 3. The second kappa shape index (κ2) is 14.6. The van der Waals surface area contributed by atoms with Gasteiger partial charge in [-0.2, -0.15) is 0 Å². The first kappa shape index (κ1) is 30.0. The van der Waals surface area contributed by atoms with Gasteiger partial charge in [0.15, 0.2) is 11.2 Å². The number of halogens is 2. The molecule has 0 radical (unpaired) electrons. The van der Waals surface area contributed by atoms with E-state index in [1.54, 1.807) is 73.7 Å². The average Bonchev–Trinajstić information content (AvgIpc) is 2.96. The number of carbonyl (C=O) groups is 2. The zero-order valence-corrected chi connectivity index (χ0v) is 25.2. The molecule has 7 nitrogen and oxygen atoms in total. The van der Waals surface area contributed by atoms with Crippen molar-refractivity contribution in [1.82, 2.24) is 5.32 Å². The minimum atomic E-state index is -0.759. The maximum atomic E-state index is 12.7. The van der Waals surface area contributed by atoms with E-state index in [-0.39, 0.29) is 16.9 Å². The molecule has 0 aliphatic rings. The Bertz CT molecular complexity index is 1520.